The largest absolute Gasteiger partial charge is 0.334 e. The van der Waals surface area contributed by atoms with Crippen LogP contribution >= 0.6 is 0 Å². The molecular weight excluding hydrogens is 250 g/mol. The van der Waals surface area contributed by atoms with Gasteiger partial charge in [0.15, 0.2) is 0 Å². The van der Waals surface area contributed by atoms with Crippen molar-refractivity contribution in [2.24, 2.45) is 0 Å². The number of aromatic nitrogens is 1. The smallest absolute Gasteiger partial charge is 0.317 e. The molecule has 104 valence electrons. The fourth-order valence-corrected chi connectivity index (χ4v) is 2.69. The highest BCUT2D eigenvalue weighted by molar-refractivity contribution is 5.82. The highest BCUT2D eigenvalue weighted by atomic mass is 16.2. The van der Waals surface area contributed by atoms with E-state index in [4.69, 9.17) is 0 Å². The molecule has 1 aromatic carbocycles. The maximum atomic E-state index is 12.1. The number of nitrogens with one attached hydrogen (secondary N) is 1. The summed E-state index contributed by atoms with van der Waals surface area (Å²) in [6.07, 6.45) is 5.25. The maximum Gasteiger partial charge on any atom is 0.317 e. The second kappa shape index (κ2) is 5.90. The molecule has 2 heterocycles. The number of likely N-dealkylation sites (tertiary alicyclic amines) is 1. The average Bonchev–Trinajstić information content (AvgIpc) is 2.53. The van der Waals surface area contributed by atoms with Gasteiger partial charge in [0.1, 0.15) is 0 Å². The van der Waals surface area contributed by atoms with Crippen LogP contribution in [0.25, 0.3) is 10.9 Å². The highest BCUT2D eigenvalue weighted by Crippen LogP contribution is 2.16. The summed E-state index contributed by atoms with van der Waals surface area (Å²) in [7, 11) is 0. The second-order valence-corrected chi connectivity index (χ2v) is 5.20. The Bertz CT molecular complexity index is 600. The van der Waals surface area contributed by atoms with E-state index in [2.05, 4.69) is 10.3 Å². The van der Waals surface area contributed by atoms with Gasteiger partial charge in [0, 0.05) is 31.2 Å². The molecular formula is C16H19N3O. The number of piperidine rings is 1. The molecule has 0 saturated carbocycles. The standard InChI is InChI=1S/C16H19N3O/c20-16(19-10-2-1-3-11-19)18-12-14-7-4-6-13-8-5-9-17-15(13)14/h4-9H,1-3,10-12H2,(H,18,20). The number of hydrogen-bond acceptors (Lipinski definition) is 2. The third-order valence-electron chi connectivity index (χ3n) is 3.79. The molecule has 0 atom stereocenters. The van der Waals surface area contributed by atoms with E-state index >= 15 is 0 Å². The maximum absolute atomic E-state index is 12.1. The molecule has 2 aromatic rings. The molecule has 4 heteroatoms. The van der Waals surface area contributed by atoms with Gasteiger partial charge in [0.2, 0.25) is 0 Å². The van der Waals surface area contributed by atoms with E-state index in [1.165, 1.54) is 6.42 Å². The fourth-order valence-electron chi connectivity index (χ4n) is 2.69. The number of amides is 2. The number of fused-ring (bicyclic) bond motifs is 1. The molecule has 0 aliphatic carbocycles. The number of rotatable bonds is 2. The zero-order valence-corrected chi connectivity index (χ0v) is 11.5. The normalized spacial score (nSPS) is 15.3. The highest BCUT2D eigenvalue weighted by Gasteiger charge is 2.16. The molecule has 1 aliphatic heterocycles. The minimum atomic E-state index is 0.0395. The molecule has 0 bridgehead atoms. The molecule has 2 amide bonds. The van der Waals surface area contributed by atoms with Crippen LogP contribution in [-0.2, 0) is 6.54 Å². The first kappa shape index (κ1) is 12.9. The van der Waals surface area contributed by atoms with Gasteiger partial charge >= 0.3 is 6.03 Å². The summed E-state index contributed by atoms with van der Waals surface area (Å²) in [6, 6.07) is 10.1. The quantitative estimate of drug-likeness (QED) is 0.911. The molecule has 1 fully saturated rings. The summed E-state index contributed by atoms with van der Waals surface area (Å²) in [5, 5.41) is 4.12. The van der Waals surface area contributed by atoms with E-state index in [0.717, 1.165) is 42.4 Å². The third kappa shape index (κ3) is 2.74. The van der Waals surface area contributed by atoms with Crippen molar-refractivity contribution in [3.8, 4) is 0 Å². The van der Waals surface area contributed by atoms with Crippen molar-refractivity contribution in [2.75, 3.05) is 13.1 Å². The van der Waals surface area contributed by atoms with Crippen molar-refractivity contribution in [1.82, 2.24) is 15.2 Å². The van der Waals surface area contributed by atoms with Gasteiger partial charge < -0.3 is 10.2 Å². The number of carbonyl (C=O) groups is 1. The summed E-state index contributed by atoms with van der Waals surface area (Å²) in [5.41, 5.74) is 2.03. The first-order valence-electron chi connectivity index (χ1n) is 7.20. The van der Waals surface area contributed by atoms with Crippen molar-refractivity contribution >= 4 is 16.9 Å². The predicted octanol–water partition coefficient (Wildman–Crippen LogP) is 2.93. The van der Waals surface area contributed by atoms with Crippen LogP contribution in [0.3, 0.4) is 0 Å². The zero-order valence-electron chi connectivity index (χ0n) is 11.5. The number of hydrogen-bond donors (Lipinski definition) is 1. The Labute approximate surface area is 118 Å². The Balaban J connectivity index is 1.69. The summed E-state index contributed by atoms with van der Waals surface area (Å²) >= 11 is 0. The summed E-state index contributed by atoms with van der Waals surface area (Å²) in [4.78, 5) is 18.4. The summed E-state index contributed by atoms with van der Waals surface area (Å²) in [6.45, 7) is 2.28. The van der Waals surface area contributed by atoms with E-state index in [-0.39, 0.29) is 6.03 Å². The monoisotopic (exact) mass is 269 g/mol. The van der Waals surface area contributed by atoms with Crippen LogP contribution < -0.4 is 5.32 Å². The number of para-hydroxylation sites is 1. The minimum absolute atomic E-state index is 0.0395. The van der Waals surface area contributed by atoms with E-state index in [1.807, 2.05) is 35.2 Å². The Hall–Kier alpha value is -2.10. The topological polar surface area (TPSA) is 45.2 Å². The van der Waals surface area contributed by atoms with Gasteiger partial charge in [-0.2, -0.15) is 0 Å². The molecule has 1 aliphatic rings. The van der Waals surface area contributed by atoms with Crippen LogP contribution in [0.2, 0.25) is 0 Å². The zero-order chi connectivity index (χ0) is 13.8. The van der Waals surface area contributed by atoms with E-state index in [0.29, 0.717) is 6.54 Å². The molecule has 0 spiro atoms. The lowest BCUT2D eigenvalue weighted by Crippen LogP contribution is -2.42. The first-order chi connectivity index (χ1) is 9.84. The Morgan fingerprint density at radius 3 is 2.80 bits per heavy atom. The van der Waals surface area contributed by atoms with Gasteiger partial charge in [-0.05, 0) is 30.9 Å². The van der Waals surface area contributed by atoms with Gasteiger partial charge in [-0.1, -0.05) is 24.3 Å². The molecule has 1 aromatic heterocycles. The minimum Gasteiger partial charge on any atom is -0.334 e. The molecule has 3 rings (SSSR count). The average molecular weight is 269 g/mol. The number of pyridine rings is 1. The number of benzene rings is 1. The van der Waals surface area contributed by atoms with Crippen LogP contribution in [0.1, 0.15) is 24.8 Å². The van der Waals surface area contributed by atoms with Crippen LogP contribution in [-0.4, -0.2) is 29.0 Å². The van der Waals surface area contributed by atoms with Crippen LogP contribution in [0, 0.1) is 0 Å². The number of urea groups is 1. The number of carbonyl (C=O) groups excluding carboxylic acids is 1. The van der Waals surface area contributed by atoms with Crippen LogP contribution in [0.5, 0.6) is 0 Å². The summed E-state index contributed by atoms with van der Waals surface area (Å²) in [5.74, 6) is 0. The molecule has 0 unspecified atom stereocenters. The van der Waals surface area contributed by atoms with Gasteiger partial charge in [-0.25, -0.2) is 4.79 Å². The fraction of sp³-hybridized carbons (Fsp3) is 0.375. The lowest BCUT2D eigenvalue weighted by molar-refractivity contribution is 0.186. The SMILES string of the molecule is O=C(NCc1cccc2cccnc12)N1CCCCC1. The number of nitrogens with zero attached hydrogens (tertiary/aromatic N) is 2. The van der Waals surface area contributed by atoms with Crippen molar-refractivity contribution in [3.05, 3.63) is 42.1 Å². The Kier molecular flexibility index (Phi) is 3.81. The predicted molar refractivity (Wildman–Crippen MR) is 79.4 cm³/mol. The van der Waals surface area contributed by atoms with Crippen LogP contribution in [0.15, 0.2) is 36.5 Å². The van der Waals surface area contributed by atoms with E-state index in [9.17, 15) is 4.79 Å². The molecule has 1 N–H and O–H groups in total. The molecule has 20 heavy (non-hydrogen) atoms. The van der Waals surface area contributed by atoms with Gasteiger partial charge in [-0.3, -0.25) is 4.98 Å². The van der Waals surface area contributed by atoms with Gasteiger partial charge in [0.25, 0.3) is 0 Å². The van der Waals surface area contributed by atoms with Crippen molar-refractivity contribution in [2.45, 2.75) is 25.8 Å². The van der Waals surface area contributed by atoms with Gasteiger partial charge in [0.05, 0.1) is 5.52 Å². The second-order valence-electron chi connectivity index (χ2n) is 5.20. The molecule has 0 radical (unpaired) electrons. The Morgan fingerprint density at radius 1 is 1.15 bits per heavy atom. The van der Waals surface area contributed by atoms with Gasteiger partial charge in [-0.15, -0.1) is 0 Å². The van der Waals surface area contributed by atoms with E-state index in [1.54, 1.807) is 6.20 Å². The lowest BCUT2D eigenvalue weighted by Gasteiger charge is -2.26. The van der Waals surface area contributed by atoms with Crippen molar-refractivity contribution < 1.29 is 4.79 Å². The van der Waals surface area contributed by atoms with Crippen molar-refractivity contribution in [1.29, 1.82) is 0 Å². The third-order valence-corrected chi connectivity index (χ3v) is 3.79. The molecule has 1 saturated heterocycles. The lowest BCUT2D eigenvalue weighted by atomic mass is 10.1. The van der Waals surface area contributed by atoms with Crippen LogP contribution in [0.4, 0.5) is 4.79 Å². The summed E-state index contributed by atoms with van der Waals surface area (Å²) < 4.78 is 0. The molecule has 4 nitrogen and oxygen atoms in total. The van der Waals surface area contributed by atoms with E-state index < -0.39 is 0 Å². The van der Waals surface area contributed by atoms with Crippen molar-refractivity contribution in [3.63, 3.8) is 0 Å². The first-order valence-corrected chi connectivity index (χ1v) is 7.20. The Morgan fingerprint density at radius 2 is 1.95 bits per heavy atom.